The number of methoxy groups -OCH3 is 1. The number of urea groups is 1. The van der Waals surface area contributed by atoms with Crippen molar-refractivity contribution in [1.29, 1.82) is 0 Å². The Labute approximate surface area is 113 Å². The van der Waals surface area contributed by atoms with E-state index in [1.54, 1.807) is 7.11 Å². The van der Waals surface area contributed by atoms with Crippen LogP contribution in [0.15, 0.2) is 24.3 Å². The van der Waals surface area contributed by atoms with Crippen molar-refractivity contribution in [2.24, 2.45) is 11.7 Å². The van der Waals surface area contributed by atoms with E-state index in [9.17, 15) is 4.79 Å². The van der Waals surface area contributed by atoms with Gasteiger partial charge in [-0.25, -0.2) is 4.79 Å². The molecule has 0 heterocycles. The quantitative estimate of drug-likeness (QED) is 0.731. The summed E-state index contributed by atoms with van der Waals surface area (Å²) in [7, 11) is 1.69. The van der Waals surface area contributed by atoms with Crippen LogP contribution in [-0.4, -0.2) is 25.8 Å². The van der Waals surface area contributed by atoms with Crippen LogP contribution in [0.4, 0.5) is 10.5 Å². The molecule has 1 aliphatic rings. The second-order valence-electron chi connectivity index (χ2n) is 4.85. The Balaban J connectivity index is 1.76. The number of anilines is 1. The van der Waals surface area contributed by atoms with E-state index in [4.69, 9.17) is 10.5 Å². The van der Waals surface area contributed by atoms with Crippen molar-refractivity contribution in [2.45, 2.75) is 25.5 Å². The molecule has 0 aliphatic heterocycles. The van der Waals surface area contributed by atoms with E-state index in [-0.39, 0.29) is 12.1 Å². The fraction of sp³-hybridized carbons (Fsp3) is 0.500. The second kappa shape index (κ2) is 6.54. The molecule has 0 aromatic heterocycles. The predicted octanol–water partition coefficient (Wildman–Crippen LogP) is 1.69. The number of nitrogens with two attached hydrogens (primary N) is 1. The first-order valence-electron chi connectivity index (χ1n) is 6.59. The van der Waals surface area contributed by atoms with Gasteiger partial charge in [0, 0.05) is 25.9 Å². The van der Waals surface area contributed by atoms with Gasteiger partial charge in [0.1, 0.15) is 0 Å². The highest BCUT2D eigenvalue weighted by Crippen LogP contribution is 2.33. The highest BCUT2D eigenvalue weighted by molar-refractivity contribution is 5.89. The molecule has 5 heteroatoms. The van der Waals surface area contributed by atoms with Crippen molar-refractivity contribution >= 4 is 11.7 Å². The van der Waals surface area contributed by atoms with Gasteiger partial charge in [-0.15, -0.1) is 0 Å². The molecule has 0 bridgehead atoms. The summed E-state index contributed by atoms with van der Waals surface area (Å²) in [5.41, 5.74) is 7.32. The molecule has 1 unspecified atom stereocenters. The number of ether oxygens (including phenoxy) is 1. The molecule has 1 atom stereocenters. The van der Waals surface area contributed by atoms with Gasteiger partial charge in [-0.1, -0.05) is 12.1 Å². The number of hydrogen-bond acceptors (Lipinski definition) is 3. The van der Waals surface area contributed by atoms with Crippen LogP contribution in [0, 0.1) is 5.92 Å². The SMILES string of the molecule is COC(CNC(=O)Nc1ccc(CN)cc1)C1CC1. The highest BCUT2D eigenvalue weighted by Gasteiger charge is 2.31. The number of rotatable bonds is 6. The molecular weight excluding hydrogens is 242 g/mol. The Bertz CT molecular complexity index is 415. The van der Waals surface area contributed by atoms with E-state index >= 15 is 0 Å². The minimum Gasteiger partial charge on any atom is -0.379 e. The second-order valence-corrected chi connectivity index (χ2v) is 4.85. The molecule has 1 saturated carbocycles. The molecule has 19 heavy (non-hydrogen) atoms. The zero-order valence-electron chi connectivity index (χ0n) is 11.2. The van der Waals surface area contributed by atoms with E-state index in [2.05, 4.69) is 10.6 Å². The monoisotopic (exact) mass is 263 g/mol. The Morgan fingerprint density at radius 2 is 2.11 bits per heavy atom. The Morgan fingerprint density at radius 3 is 2.63 bits per heavy atom. The summed E-state index contributed by atoms with van der Waals surface area (Å²) in [6, 6.07) is 7.28. The minimum atomic E-state index is -0.205. The van der Waals surface area contributed by atoms with Crippen molar-refractivity contribution in [3.63, 3.8) is 0 Å². The number of carbonyl (C=O) groups is 1. The smallest absolute Gasteiger partial charge is 0.319 e. The molecule has 0 saturated heterocycles. The summed E-state index contributed by atoms with van der Waals surface area (Å²) >= 11 is 0. The summed E-state index contributed by atoms with van der Waals surface area (Å²) in [6.07, 6.45) is 2.52. The molecule has 5 nitrogen and oxygen atoms in total. The summed E-state index contributed by atoms with van der Waals surface area (Å²) < 4.78 is 5.35. The van der Waals surface area contributed by atoms with Gasteiger partial charge >= 0.3 is 6.03 Å². The van der Waals surface area contributed by atoms with Gasteiger partial charge in [-0.2, -0.15) is 0 Å². The molecule has 1 aliphatic carbocycles. The summed E-state index contributed by atoms with van der Waals surface area (Å²) in [6.45, 7) is 1.05. The number of nitrogens with one attached hydrogen (secondary N) is 2. The number of amides is 2. The fourth-order valence-electron chi connectivity index (χ4n) is 2.00. The van der Waals surface area contributed by atoms with Crippen LogP contribution in [0.3, 0.4) is 0 Å². The molecule has 1 aromatic rings. The molecule has 104 valence electrons. The number of carbonyl (C=O) groups excluding carboxylic acids is 1. The molecule has 1 aromatic carbocycles. The fourth-order valence-corrected chi connectivity index (χ4v) is 2.00. The molecular formula is C14H21N3O2. The van der Waals surface area contributed by atoms with Gasteiger partial charge in [0.15, 0.2) is 0 Å². The van der Waals surface area contributed by atoms with Crippen LogP contribution in [0.5, 0.6) is 0 Å². The standard InChI is InChI=1S/C14H21N3O2/c1-19-13(11-4-5-11)9-16-14(18)17-12-6-2-10(8-15)3-7-12/h2-3,6-7,11,13H,4-5,8-9,15H2,1H3,(H2,16,17,18). The van der Waals surface area contributed by atoms with E-state index in [1.807, 2.05) is 24.3 Å². The van der Waals surface area contributed by atoms with Crippen LogP contribution < -0.4 is 16.4 Å². The van der Waals surface area contributed by atoms with Gasteiger partial charge in [0.2, 0.25) is 0 Å². The maximum Gasteiger partial charge on any atom is 0.319 e. The first-order valence-corrected chi connectivity index (χ1v) is 6.59. The topological polar surface area (TPSA) is 76.4 Å². The Kier molecular flexibility index (Phi) is 4.76. The average Bonchev–Trinajstić information content (AvgIpc) is 3.25. The van der Waals surface area contributed by atoms with Crippen LogP contribution in [0.1, 0.15) is 18.4 Å². The van der Waals surface area contributed by atoms with Crippen molar-refractivity contribution in [3.8, 4) is 0 Å². The lowest BCUT2D eigenvalue weighted by molar-refractivity contribution is 0.0861. The summed E-state index contributed by atoms with van der Waals surface area (Å²) in [5, 5.41) is 5.62. The van der Waals surface area contributed by atoms with Crippen molar-refractivity contribution in [2.75, 3.05) is 19.0 Å². The maximum atomic E-state index is 11.7. The highest BCUT2D eigenvalue weighted by atomic mass is 16.5. The van der Waals surface area contributed by atoms with Crippen LogP contribution in [-0.2, 0) is 11.3 Å². The maximum absolute atomic E-state index is 11.7. The van der Waals surface area contributed by atoms with E-state index in [0.29, 0.717) is 19.0 Å². The normalized spacial score (nSPS) is 15.9. The van der Waals surface area contributed by atoms with Crippen LogP contribution in [0.25, 0.3) is 0 Å². The third-order valence-corrected chi connectivity index (χ3v) is 3.36. The molecule has 2 rings (SSSR count). The lowest BCUT2D eigenvalue weighted by atomic mass is 10.2. The van der Waals surface area contributed by atoms with Crippen LogP contribution >= 0.6 is 0 Å². The minimum absolute atomic E-state index is 0.130. The number of benzene rings is 1. The summed E-state index contributed by atoms with van der Waals surface area (Å²) in [5.74, 6) is 0.606. The van der Waals surface area contributed by atoms with E-state index < -0.39 is 0 Å². The van der Waals surface area contributed by atoms with Gasteiger partial charge in [0.05, 0.1) is 6.10 Å². The average molecular weight is 263 g/mol. The van der Waals surface area contributed by atoms with Gasteiger partial charge in [0.25, 0.3) is 0 Å². The van der Waals surface area contributed by atoms with Crippen molar-refractivity contribution in [1.82, 2.24) is 5.32 Å². The van der Waals surface area contributed by atoms with Gasteiger partial charge < -0.3 is 21.1 Å². The number of hydrogen-bond donors (Lipinski definition) is 3. The van der Waals surface area contributed by atoms with Crippen molar-refractivity contribution < 1.29 is 9.53 Å². The third kappa shape index (κ3) is 4.22. The van der Waals surface area contributed by atoms with Crippen molar-refractivity contribution in [3.05, 3.63) is 29.8 Å². The Morgan fingerprint density at radius 1 is 1.42 bits per heavy atom. The largest absolute Gasteiger partial charge is 0.379 e. The van der Waals surface area contributed by atoms with Crippen LogP contribution in [0.2, 0.25) is 0 Å². The first-order chi connectivity index (χ1) is 9.22. The first kappa shape index (κ1) is 13.8. The molecule has 2 amide bonds. The van der Waals surface area contributed by atoms with Gasteiger partial charge in [-0.3, -0.25) is 0 Å². The van der Waals surface area contributed by atoms with E-state index in [1.165, 1.54) is 12.8 Å². The molecule has 0 radical (unpaired) electrons. The molecule has 0 spiro atoms. The lowest BCUT2D eigenvalue weighted by Crippen LogP contribution is -2.37. The molecule has 1 fully saturated rings. The predicted molar refractivity (Wildman–Crippen MR) is 74.9 cm³/mol. The van der Waals surface area contributed by atoms with E-state index in [0.717, 1.165) is 11.3 Å². The zero-order valence-corrected chi connectivity index (χ0v) is 11.2. The summed E-state index contributed by atoms with van der Waals surface area (Å²) in [4.78, 5) is 11.7. The van der Waals surface area contributed by atoms with Gasteiger partial charge in [-0.05, 0) is 36.5 Å². The third-order valence-electron chi connectivity index (χ3n) is 3.36. The molecule has 4 N–H and O–H groups in total. The zero-order chi connectivity index (χ0) is 13.7. The Hall–Kier alpha value is -1.59. The lowest BCUT2D eigenvalue weighted by Gasteiger charge is -2.15.